The SMILES string of the molecule is C/C=C\CCNC(=O)c1cnc(SCC)s1. The third-order valence-corrected chi connectivity index (χ3v) is 3.84. The van der Waals surface area contributed by atoms with Crippen molar-refractivity contribution in [3.05, 3.63) is 23.2 Å². The summed E-state index contributed by atoms with van der Waals surface area (Å²) >= 11 is 3.11. The molecular formula is C11H16N2OS2. The molecule has 1 aromatic heterocycles. The maximum Gasteiger partial charge on any atom is 0.263 e. The van der Waals surface area contributed by atoms with Crippen molar-refractivity contribution in [2.45, 2.75) is 24.6 Å². The van der Waals surface area contributed by atoms with E-state index in [0.717, 1.165) is 16.5 Å². The molecule has 1 N–H and O–H groups in total. The van der Waals surface area contributed by atoms with Gasteiger partial charge in [0.05, 0.1) is 6.20 Å². The second-order valence-corrected chi connectivity index (χ2v) is 5.58. The summed E-state index contributed by atoms with van der Waals surface area (Å²) in [6.45, 7) is 4.72. The van der Waals surface area contributed by atoms with E-state index in [2.05, 4.69) is 17.2 Å². The molecule has 5 heteroatoms. The summed E-state index contributed by atoms with van der Waals surface area (Å²) in [5.74, 6) is 0.959. The molecule has 0 atom stereocenters. The Morgan fingerprint density at radius 1 is 1.69 bits per heavy atom. The predicted octanol–water partition coefficient (Wildman–Crippen LogP) is 2.95. The van der Waals surface area contributed by atoms with Crippen molar-refractivity contribution in [2.24, 2.45) is 0 Å². The van der Waals surface area contributed by atoms with Gasteiger partial charge in [0.15, 0.2) is 4.34 Å². The molecule has 88 valence electrons. The number of hydrogen-bond donors (Lipinski definition) is 1. The van der Waals surface area contributed by atoms with Crippen LogP contribution in [-0.2, 0) is 0 Å². The maximum atomic E-state index is 11.7. The van der Waals surface area contributed by atoms with E-state index in [1.165, 1.54) is 11.3 Å². The monoisotopic (exact) mass is 256 g/mol. The van der Waals surface area contributed by atoms with Crippen molar-refractivity contribution in [3.63, 3.8) is 0 Å². The van der Waals surface area contributed by atoms with Gasteiger partial charge in [0, 0.05) is 6.54 Å². The molecule has 1 amide bonds. The Morgan fingerprint density at radius 2 is 2.50 bits per heavy atom. The highest BCUT2D eigenvalue weighted by molar-refractivity contribution is 8.01. The second-order valence-electron chi connectivity index (χ2n) is 3.04. The molecule has 0 aliphatic heterocycles. The number of hydrogen-bond acceptors (Lipinski definition) is 4. The summed E-state index contributed by atoms with van der Waals surface area (Å²) < 4.78 is 0.959. The summed E-state index contributed by atoms with van der Waals surface area (Å²) in [5, 5.41) is 2.86. The summed E-state index contributed by atoms with van der Waals surface area (Å²) in [5.41, 5.74) is 0. The Hall–Kier alpha value is -0.810. The fraction of sp³-hybridized carbons (Fsp3) is 0.455. The lowest BCUT2D eigenvalue weighted by Crippen LogP contribution is -2.23. The van der Waals surface area contributed by atoms with E-state index in [1.54, 1.807) is 18.0 Å². The lowest BCUT2D eigenvalue weighted by atomic mass is 10.4. The van der Waals surface area contributed by atoms with Crippen molar-refractivity contribution in [1.29, 1.82) is 0 Å². The van der Waals surface area contributed by atoms with Gasteiger partial charge in [-0.25, -0.2) is 4.98 Å². The molecule has 16 heavy (non-hydrogen) atoms. The zero-order chi connectivity index (χ0) is 11.8. The van der Waals surface area contributed by atoms with Crippen molar-refractivity contribution in [1.82, 2.24) is 10.3 Å². The molecule has 3 nitrogen and oxygen atoms in total. The smallest absolute Gasteiger partial charge is 0.263 e. The van der Waals surface area contributed by atoms with E-state index in [9.17, 15) is 4.79 Å². The van der Waals surface area contributed by atoms with Gasteiger partial charge in [-0.2, -0.15) is 0 Å². The topological polar surface area (TPSA) is 42.0 Å². The zero-order valence-electron chi connectivity index (χ0n) is 9.53. The molecular weight excluding hydrogens is 240 g/mol. The largest absolute Gasteiger partial charge is 0.351 e. The van der Waals surface area contributed by atoms with Crippen LogP contribution in [0.2, 0.25) is 0 Å². The van der Waals surface area contributed by atoms with Gasteiger partial charge in [0.1, 0.15) is 4.88 Å². The number of amides is 1. The van der Waals surface area contributed by atoms with Crippen molar-refractivity contribution in [2.75, 3.05) is 12.3 Å². The molecule has 0 spiro atoms. The molecule has 0 unspecified atom stereocenters. The van der Waals surface area contributed by atoms with Gasteiger partial charge in [0.2, 0.25) is 0 Å². The van der Waals surface area contributed by atoms with Crippen LogP contribution in [0.4, 0.5) is 0 Å². The standard InChI is InChI=1S/C11H16N2OS2/c1-3-5-6-7-12-10(14)9-8-13-11(16-9)15-4-2/h3,5,8H,4,6-7H2,1-2H3,(H,12,14)/b5-3-. The van der Waals surface area contributed by atoms with Gasteiger partial charge in [0.25, 0.3) is 5.91 Å². The predicted molar refractivity (Wildman–Crippen MR) is 70.3 cm³/mol. The number of carbonyl (C=O) groups excluding carboxylic acids is 1. The van der Waals surface area contributed by atoms with E-state index in [0.29, 0.717) is 11.4 Å². The summed E-state index contributed by atoms with van der Waals surface area (Å²) in [7, 11) is 0. The number of carbonyl (C=O) groups is 1. The van der Waals surface area contributed by atoms with Gasteiger partial charge in [-0.3, -0.25) is 4.79 Å². The fourth-order valence-corrected chi connectivity index (χ4v) is 2.87. The lowest BCUT2D eigenvalue weighted by molar-refractivity contribution is 0.0958. The van der Waals surface area contributed by atoms with Crippen molar-refractivity contribution >= 4 is 29.0 Å². The third kappa shape index (κ3) is 4.37. The molecule has 1 rings (SSSR count). The summed E-state index contributed by atoms with van der Waals surface area (Å²) in [4.78, 5) is 16.5. The minimum absolute atomic E-state index is 0.0232. The number of allylic oxidation sites excluding steroid dienone is 1. The van der Waals surface area contributed by atoms with E-state index < -0.39 is 0 Å². The average Bonchev–Trinajstić information content (AvgIpc) is 2.73. The van der Waals surface area contributed by atoms with Gasteiger partial charge >= 0.3 is 0 Å². The first-order valence-corrected chi connectivity index (χ1v) is 7.06. The number of rotatable bonds is 6. The molecule has 1 aromatic rings. The Balaban J connectivity index is 2.40. The lowest BCUT2D eigenvalue weighted by Gasteiger charge is -1.99. The van der Waals surface area contributed by atoms with E-state index >= 15 is 0 Å². The van der Waals surface area contributed by atoms with Crippen LogP contribution >= 0.6 is 23.1 Å². The molecule has 1 heterocycles. The summed E-state index contributed by atoms with van der Waals surface area (Å²) in [6, 6.07) is 0. The third-order valence-electron chi connectivity index (χ3n) is 1.81. The first kappa shape index (κ1) is 13.3. The normalized spacial score (nSPS) is 10.9. The molecule has 0 bridgehead atoms. The Bertz CT molecular complexity index is 361. The van der Waals surface area contributed by atoms with Crippen LogP contribution in [-0.4, -0.2) is 23.2 Å². The van der Waals surface area contributed by atoms with Crippen molar-refractivity contribution in [3.8, 4) is 0 Å². The minimum Gasteiger partial charge on any atom is -0.351 e. The Kier molecular flexibility index (Phi) is 6.18. The van der Waals surface area contributed by atoms with Crippen LogP contribution in [0, 0.1) is 0 Å². The van der Waals surface area contributed by atoms with Crippen molar-refractivity contribution < 1.29 is 4.79 Å². The highest BCUT2D eigenvalue weighted by atomic mass is 32.2. The van der Waals surface area contributed by atoms with Crippen LogP contribution in [0.25, 0.3) is 0 Å². The first-order valence-electron chi connectivity index (χ1n) is 5.26. The summed E-state index contributed by atoms with van der Waals surface area (Å²) in [6.07, 6.45) is 6.53. The van der Waals surface area contributed by atoms with Gasteiger partial charge in [-0.05, 0) is 19.1 Å². The Labute approximate surface area is 104 Å². The first-order chi connectivity index (χ1) is 7.77. The number of thioether (sulfide) groups is 1. The molecule has 0 saturated carbocycles. The Morgan fingerprint density at radius 3 is 3.19 bits per heavy atom. The number of thiazole rings is 1. The van der Waals surface area contributed by atoms with Crippen LogP contribution in [0.15, 0.2) is 22.7 Å². The van der Waals surface area contributed by atoms with E-state index in [4.69, 9.17) is 0 Å². The molecule has 0 aliphatic carbocycles. The highest BCUT2D eigenvalue weighted by Gasteiger charge is 2.09. The average molecular weight is 256 g/mol. The van der Waals surface area contributed by atoms with Gasteiger partial charge in [-0.15, -0.1) is 11.3 Å². The van der Waals surface area contributed by atoms with E-state index in [1.807, 2.05) is 19.1 Å². The molecule has 0 aliphatic rings. The highest BCUT2D eigenvalue weighted by Crippen LogP contribution is 2.23. The number of aromatic nitrogens is 1. The molecule has 0 saturated heterocycles. The molecule has 0 fully saturated rings. The second kappa shape index (κ2) is 7.46. The minimum atomic E-state index is -0.0232. The van der Waals surface area contributed by atoms with Crippen LogP contribution in [0.1, 0.15) is 29.9 Å². The fourth-order valence-electron chi connectivity index (χ4n) is 1.08. The number of nitrogens with zero attached hydrogens (tertiary/aromatic N) is 1. The number of nitrogens with one attached hydrogen (secondary N) is 1. The molecule has 0 aromatic carbocycles. The van der Waals surface area contributed by atoms with Crippen LogP contribution in [0.3, 0.4) is 0 Å². The van der Waals surface area contributed by atoms with E-state index in [-0.39, 0.29) is 5.91 Å². The molecule has 0 radical (unpaired) electrons. The van der Waals surface area contributed by atoms with Gasteiger partial charge in [-0.1, -0.05) is 30.8 Å². The zero-order valence-corrected chi connectivity index (χ0v) is 11.2. The van der Waals surface area contributed by atoms with Crippen LogP contribution < -0.4 is 5.32 Å². The quantitative estimate of drug-likeness (QED) is 0.483. The van der Waals surface area contributed by atoms with Crippen LogP contribution in [0.5, 0.6) is 0 Å². The van der Waals surface area contributed by atoms with Gasteiger partial charge < -0.3 is 5.32 Å². The maximum absolute atomic E-state index is 11.7.